The molecule has 0 spiro atoms. The van der Waals surface area contributed by atoms with Crippen LogP contribution in [0.3, 0.4) is 0 Å². The molecule has 0 bridgehead atoms. The number of carbonyl (C=O) groups excluding carboxylic acids is 1. The van der Waals surface area contributed by atoms with E-state index in [0.717, 1.165) is 54.2 Å². The van der Waals surface area contributed by atoms with E-state index in [4.69, 9.17) is 5.73 Å². The molecule has 1 aliphatic heterocycles. The van der Waals surface area contributed by atoms with E-state index in [2.05, 4.69) is 34.1 Å². The van der Waals surface area contributed by atoms with Crippen LogP contribution in [0.2, 0.25) is 0 Å². The van der Waals surface area contributed by atoms with Crippen molar-refractivity contribution in [3.8, 4) is 0 Å². The van der Waals surface area contributed by atoms with Gasteiger partial charge in [-0.25, -0.2) is 4.98 Å². The number of hydrogen-bond acceptors (Lipinski definition) is 5. The average molecular weight is 381 g/mol. The second kappa shape index (κ2) is 7.29. The maximum absolute atomic E-state index is 13.1. The summed E-state index contributed by atoms with van der Waals surface area (Å²) >= 11 is 1.42. The molecule has 1 amide bonds. The van der Waals surface area contributed by atoms with Crippen LogP contribution >= 0.6 is 11.3 Å². The molecule has 0 atom stereocenters. The molecular weight excluding hydrogens is 356 g/mol. The number of nitrogens with zero attached hydrogens (tertiary/aromatic N) is 3. The minimum absolute atomic E-state index is 0.0342. The van der Waals surface area contributed by atoms with Crippen LogP contribution in [-0.4, -0.2) is 46.9 Å². The summed E-state index contributed by atoms with van der Waals surface area (Å²) < 4.78 is 0. The third-order valence-electron chi connectivity index (χ3n) is 5.13. The van der Waals surface area contributed by atoms with Gasteiger partial charge in [0.25, 0.3) is 5.91 Å². The zero-order valence-electron chi connectivity index (χ0n) is 15.7. The number of thiophene rings is 1. The van der Waals surface area contributed by atoms with E-state index in [1.54, 1.807) is 0 Å². The second-order valence-electron chi connectivity index (χ2n) is 7.16. The fourth-order valence-corrected chi connectivity index (χ4v) is 4.91. The van der Waals surface area contributed by atoms with Gasteiger partial charge in [0.2, 0.25) is 0 Å². The summed E-state index contributed by atoms with van der Waals surface area (Å²) in [6.45, 7) is 8.13. The van der Waals surface area contributed by atoms with E-state index < -0.39 is 0 Å². The van der Waals surface area contributed by atoms with Crippen molar-refractivity contribution in [1.82, 2.24) is 14.8 Å². The highest BCUT2D eigenvalue weighted by Crippen LogP contribution is 2.35. The lowest BCUT2D eigenvalue weighted by Gasteiger charge is -2.34. The lowest BCUT2D eigenvalue weighted by molar-refractivity contribution is 0.0634. The molecule has 2 N–H and O–H groups in total. The standard InChI is InChI=1S/C21H24N4OS/c1-14-12-15(2)23-20-17(14)18(22)19(27-20)21(26)25-10-8-24(9-11-25)13-16-6-4-3-5-7-16/h3-7,12H,8-11,13,22H2,1-2H3. The molecule has 6 heteroatoms. The number of fused-ring (bicyclic) bond motifs is 1. The number of aromatic nitrogens is 1. The van der Waals surface area contributed by atoms with Gasteiger partial charge >= 0.3 is 0 Å². The number of benzene rings is 1. The van der Waals surface area contributed by atoms with Crippen molar-refractivity contribution in [3.63, 3.8) is 0 Å². The number of rotatable bonds is 3. The number of anilines is 1. The van der Waals surface area contributed by atoms with Crippen molar-refractivity contribution in [2.24, 2.45) is 0 Å². The Morgan fingerprint density at radius 2 is 1.85 bits per heavy atom. The Hall–Kier alpha value is -2.44. The van der Waals surface area contributed by atoms with Crippen molar-refractivity contribution < 1.29 is 4.79 Å². The van der Waals surface area contributed by atoms with Gasteiger partial charge in [0, 0.05) is 43.8 Å². The number of aryl methyl sites for hydroxylation is 2. The van der Waals surface area contributed by atoms with Gasteiger partial charge in [-0.15, -0.1) is 11.3 Å². The normalized spacial score (nSPS) is 15.4. The van der Waals surface area contributed by atoms with Crippen LogP contribution in [-0.2, 0) is 6.54 Å². The maximum Gasteiger partial charge on any atom is 0.266 e. The first-order chi connectivity index (χ1) is 13.0. The molecule has 1 aromatic carbocycles. The van der Waals surface area contributed by atoms with E-state index in [1.165, 1.54) is 16.9 Å². The first kappa shape index (κ1) is 17.9. The van der Waals surface area contributed by atoms with Crippen molar-refractivity contribution in [2.75, 3.05) is 31.9 Å². The molecule has 5 nitrogen and oxygen atoms in total. The number of amides is 1. The predicted molar refractivity (Wildman–Crippen MR) is 111 cm³/mol. The number of carbonyl (C=O) groups is 1. The summed E-state index contributed by atoms with van der Waals surface area (Å²) in [5, 5.41) is 0.927. The van der Waals surface area contributed by atoms with Crippen LogP contribution in [0.4, 0.5) is 5.69 Å². The molecule has 27 heavy (non-hydrogen) atoms. The number of pyridine rings is 1. The highest BCUT2D eigenvalue weighted by Gasteiger charge is 2.26. The third-order valence-corrected chi connectivity index (χ3v) is 6.21. The molecular formula is C21H24N4OS. The topological polar surface area (TPSA) is 62.5 Å². The molecule has 2 aromatic heterocycles. The van der Waals surface area contributed by atoms with Crippen molar-refractivity contribution >= 4 is 33.1 Å². The molecule has 0 aliphatic carbocycles. The summed E-state index contributed by atoms with van der Waals surface area (Å²) in [5.74, 6) is 0.0342. The zero-order chi connectivity index (χ0) is 19.0. The summed E-state index contributed by atoms with van der Waals surface area (Å²) in [6, 6.07) is 12.5. The van der Waals surface area contributed by atoms with Gasteiger partial charge in [0.1, 0.15) is 9.71 Å². The lowest BCUT2D eigenvalue weighted by Crippen LogP contribution is -2.48. The monoisotopic (exact) mass is 380 g/mol. The Morgan fingerprint density at radius 1 is 1.15 bits per heavy atom. The fraction of sp³-hybridized carbons (Fsp3) is 0.333. The summed E-state index contributed by atoms with van der Waals surface area (Å²) in [5.41, 5.74) is 10.3. The lowest BCUT2D eigenvalue weighted by atomic mass is 10.1. The molecule has 140 valence electrons. The summed E-state index contributed by atoms with van der Waals surface area (Å²) in [6.07, 6.45) is 0. The van der Waals surface area contributed by atoms with Gasteiger partial charge in [-0.3, -0.25) is 9.69 Å². The number of piperazine rings is 1. The van der Waals surface area contributed by atoms with Gasteiger partial charge in [0.05, 0.1) is 5.69 Å². The molecule has 3 heterocycles. The second-order valence-corrected chi connectivity index (χ2v) is 8.16. The highest BCUT2D eigenvalue weighted by atomic mass is 32.1. The van der Waals surface area contributed by atoms with Gasteiger partial charge in [-0.05, 0) is 31.0 Å². The third kappa shape index (κ3) is 3.55. The molecule has 1 fully saturated rings. The van der Waals surface area contributed by atoms with E-state index in [9.17, 15) is 4.79 Å². The molecule has 3 aromatic rings. The SMILES string of the molecule is Cc1cc(C)c2c(N)c(C(=O)N3CCN(Cc4ccccc4)CC3)sc2n1. The Balaban J connectivity index is 1.47. The zero-order valence-corrected chi connectivity index (χ0v) is 16.6. The minimum Gasteiger partial charge on any atom is -0.397 e. The summed E-state index contributed by atoms with van der Waals surface area (Å²) in [7, 11) is 0. The molecule has 1 saturated heterocycles. The molecule has 0 radical (unpaired) electrons. The first-order valence-corrected chi connectivity index (χ1v) is 10.1. The van der Waals surface area contributed by atoms with Gasteiger partial charge in [-0.1, -0.05) is 30.3 Å². The number of nitrogen functional groups attached to an aromatic ring is 1. The van der Waals surface area contributed by atoms with Crippen LogP contribution in [0, 0.1) is 13.8 Å². The molecule has 0 saturated carbocycles. The maximum atomic E-state index is 13.1. The quantitative estimate of drug-likeness (QED) is 0.756. The molecule has 4 rings (SSSR count). The van der Waals surface area contributed by atoms with E-state index in [-0.39, 0.29) is 5.91 Å². The number of hydrogen-bond donors (Lipinski definition) is 1. The highest BCUT2D eigenvalue weighted by molar-refractivity contribution is 7.21. The largest absolute Gasteiger partial charge is 0.397 e. The van der Waals surface area contributed by atoms with Crippen LogP contribution in [0.15, 0.2) is 36.4 Å². The van der Waals surface area contributed by atoms with Crippen LogP contribution in [0.25, 0.3) is 10.2 Å². The molecule has 0 unspecified atom stereocenters. The minimum atomic E-state index is 0.0342. The van der Waals surface area contributed by atoms with Gasteiger partial charge in [-0.2, -0.15) is 0 Å². The Labute approximate surface area is 163 Å². The summed E-state index contributed by atoms with van der Waals surface area (Å²) in [4.78, 5) is 23.4. The Kier molecular flexibility index (Phi) is 4.85. The fourth-order valence-electron chi connectivity index (χ4n) is 3.72. The average Bonchev–Trinajstić information content (AvgIpc) is 2.99. The van der Waals surface area contributed by atoms with Gasteiger partial charge < -0.3 is 10.6 Å². The van der Waals surface area contributed by atoms with E-state index in [1.807, 2.05) is 30.9 Å². The molecule has 1 aliphatic rings. The van der Waals surface area contributed by atoms with E-state index in [0.29, 0.717) is 10.6 Å². The first-order valence-electron chi connectivity index (χ1n) is 9.24. The van der Waals surface area contributed by atoms with Gasteiger partial charge in [0.15, 0.2) is 0 Å². The van der Waals surface area contributed by atoms with Crippen molar-refractivity contribution in [1.29, 1.82) is 0 Å². The van der Waals surface area contributed by atoms with Crippen molar-refractivity contribution in [3.05, 3.63) is 58.1 Å². The van der Waals surface area contributed by atoms with Crippen LogP contribution in [0.1, 0.15) is 26.5 Å². The smallest absolute Gasteiger partial charge is 0.266 e. The predicted octanol–water partition coefficient (Wildman–Crippen LogP) is 3.45. The Bertz CT molecular complexity index is 975. The number of nitrogens with two attached hydrogens (primary N) is 1. The van der Waals surface area contributed by atoms with Crippen LogP contribution in [0.5, 0.6) is 0 Å². The van der Waals surface area contributed by atoms with Crippen LogP contribution < -0.4 is 5.73 Å². The Morgan fingerprint density at radius 3 is 2.56 bits per heavy atom. The van der Waals surface area contributed by atoms with Crippen molar-refractivity contribution in [2.45, 2.75) is 20.4 Å². The van der Waals surface area contributed by atoms with E-state index >= 15 is 0 Å².